The Hall–Kier alpha value is 0.117. The van der Waals surface area contributed by atoms with Crippen LogP contribution < -0.4 is 0 Å². The fraction of sp³-hybridized carbons (Fsp3) is 0.667. The molecule has 1 aromatic heterocycles. The van der Waals surface area contributed by atoms with Gasteiger partial charge in [0.1, 0.15) is 6.73 Å². The van der Waals surface area contributed by atoms with Gasteiger partial charge in [-0.15, -0.1) is 0 Å². The lowest BCUT2D eigenvalue weighted by molar-refractivity contribution is 0.0854. The molecule has 80 valence electrons. The van der Waals surface area contributed by atoms with Gasteiger partial charge in [-0.3, -0.25) is 0 Å². The Morgan fingerprint density at radius 1 is 1.50 bits per heavy atom. The van der Waals surface area contributed by atoms with Crippen LogP contribution in [0.3, 0.4) is 0 Å². The van der Waals surface area contributed by atoms with Gasteiger partial charge in [-0.2, -0.15) is 0 Å². The Bertz CT molecular complexity index is 283. The average molecular weight is 324 g/mol. The zero-order chi connectivity index (χ0) is 10.6. The summed E-state index contributed by atoms with van der Waals surface area (Å²) in [6.07, 6.45) is 3.74. The van der Waals surface area contributed by atoms with Crippen molar-refractivity contribution >= 4 is 30.7 Å². The molecule has 0 spiro atoms. The predicted octanol–water partition coefficient (Wildman–Crippen LogP) is 2.80. The highest BCUT2D eigenvalue weighted by Crippen LogP contribution is 2.08. The highest BCUT2D eigenvalue weighted by molar-refractivity contribution is 14.1. The Morgan fingerprint density at radius 3 is 2.71 bits per heavy atom. The first-order chi connectivity index (χ1) is 6.49. The lowest BCUT2D eigenvalue weighted by atomic mass is 10.8. The molecule has 1 aromatic rings. The van der Waals surface area contributed by atoms with E-state index < -0.39 is 8.07 Å². The molecule has 0 atom stereocenters. The molecule has 0 aliphatic rings. The van der Waals surface area contributed by atoms with Crippen LogP contribution in [0.2, 0.25) is 25.7 Å². The molecule has 0 radical (unpaired) electrons. The fourth-order valence-electron chi connectivity index (χ4n) is 0.949. The minimum Gasteiger partial charge on any atom is -0.361 e. The molecule has 5 heteroatoms. The summed E-state index contributed by atoms with van der Waals surface area (Å²) in [5, 5.41) is 0. The van der Waals surface area contributed by atoms with Crippen LogP contribution in [0.25, 0.3) is 0 Å². The van der Waals surface area contributed by atoms with E-state index in [-0.39, 0.29) is 0 Å². The maximum Gasteiger partial charge on any atom is 0.173 e. The van der Waals surface area contributed by atoms with E-state index in [0.717, 1.165) is 10.4 Å². The molecule has 0 saturated carbocycles. The second-order valence-electron chi connectivity index (χ2n) is 4.51. The average Bonchev–Trinajstić information content (AvgIpc) is 2.44. The van der Waals surface area contributed by atoms with Crippen molar-refractivity contribution in [2.75, 3.05) is 6.61 Å². The number of ether oxygens (including phenoxy) is 1. The molecule has 1 rings (SSSR count). The highest BCUT2D eigenvalue weighted by atomic mass is 127. The summed E-state index contributed by atoms with van der Waals surface area (Å²) in [4.78, 5) is 4.12. The molecule has 0 N–H and O–H groups in total. The quantitative estimate of drug-likeness (QED) is 0.473. The molecule has 0 aliphatic heterocycles. The molecule has 14 heavy (non-hydrogen) atoms. The summed E-state index contributed by atoms with van der Waals surface area (Å²) in [5.41, 5.74) is 0. The first-order valence-corrected chi connectivity index (χ1v) is 9.52. The zero-order valence-corrected chi connectivity index (χ0v) is 12.1. The standard InChI is InChI=1S/C9H17IN2OSi/c1-14(2,3)7-6-13-8-12-5-4-11-9(12)10/h4-5H,6-8H2,1-3H3. The van der Waals surface area contributed by atoms with Crippen molar-refractivity contribution < 1.29 is 4.74 Å². The van der Waals surface area contributed by atoms with E-state index in [2.05, 4.69) is 47.2 Å². The number of hydrogen-bond donors (Lipinski definition) is 0. The molecular weight excluding hydrogens is 307 g/mol. The van der Waals surface area contributed by atoms with Gasteiger partial charge in [0.2, 0.25) is 0 Å². The number of aromatic nitrogens is 2. The first-order valence-electron chi connectivity index (χ1n) is 4.73. The normalized spacial score (nSPS) is 12.0. The molecule has 0 bridgehead atoms. The number of hydrogen-bond acceptors (Lipinski definition) is 2. The van der Waals surface area contributed by atoms with Crippen molar-refractivity contribution in [3.8, 4) is 0 Å². The van der Waals surface area contributed by atoms with Crippen LogP contribution in [-0.2, 0) is 11.5 Å². The van der Waals surface area contributed by atoms with Crippen LogP contribution in [0, 0.1) is 3.83 Å². The van der Waals surface area contributed by atoms with Crippen LogP contribution in [0.15, 0.2) is 12.4 Å². The fourth-order valence-corrected chi connectivity index (χ4v) is 2.17. The lowest BCUT2D eigenvalue weighted by Crippen LogP contribution is -2.22. The van der Waals surface area contributed by atoms with Gasteiger partial charge in [0.15, 0.2) is 3.83 Å². The summed E-state index contributed by atoms with van der Waals surface area (Å²) < 4.78 is 8.57. The molecule has 0 amide bonds. The molecular formula is C9H17IN2OSi. The number of imidazole rings is 1. The summed E-state index contributed by atoms with van der Waals surface area (Å²) in [7, 11) is -0.945. The smallest absolute Gasteiger partial charge is 0.173 e. The third-order valence-electron chi connectivity index (χ3n) is 1.89. The molecule has 0 saturated heterocycles. The minimum absolute atomic E-state index is 0.628. The molecule has 1 heterocycles. The lowest BCUT2D eigenvalue weighted by Gasteiger charge is -2.15. The van der Waals surface area contributed by atoms with Gasteiger partial charge < -0.3 is 9.30 Å². The van der Waals surface area contributed by atoms with Gasteiger partial charge in [-0.25, -0.2) is 4.98 Å². The van der Waals surface area contributed by atoms with Crippen molar-refractivity contribution in [1.29, 1.82) is 0 Å². The van der Waals surface area contributed by atoms with Gasteiger partial charge in [-0.1, -0.05) is 19.6 Å². The van der Waals surface area contributed by atoms with Crippen molar-refractivity contribution in [2.45, 2.75) is 32.4 Å². The highest BCUT2D eigenvalue weighted by Gasteiger charge is 2.11. The number of nitrogens with zero attached hydrogens (tertiary/aromatic N) is 2. The molecule has 0 aromatic carbocycles. The molecule has 0 fully saturated rings. The number of halogens is 1. The molecule has 0 aliphatic carbocycles. The number of rotatable bonds is 5. The summed E-state index contributed by atoms with van der Waals surface area (Å²) in [6.45, 7) is 8.57. The van der Waals surface area contributed by atoms with Crippen molar-refractivity contribution in [3.63, 3.8) is 0 Å². The van der Waals surface area contributed by atoms with E-state index in [0.29, 0.717) is 6.73 Å². The van der Waals surface area contributed by atoms with Crippen molar-refractivity contribution in [1.82, 2.24) is 9.55 Å². The van der Waals surface area contributed by atoms with Crippen LogP contribution in [0.4, 0.5) is 0 Å². The van der Waals surface area contributed by atoms with Gasteiger partial charge in [0.25, 0.3) is 0 Å². The summed E-state index contributed by atoms with van der Waals surface area (Å²) in [5.74, 6) is 0. The first kappa shape index (κ1) is 12.2. The zero-order valence-electron chi connectivity index (χ0n) is 8.96. The van der Waals surface area contributed by atoms with E-state index in [1.807, 2.05) is 10.8 Å². The maximum absolute atomic E-state index is 5.59. The van der Waals surface area contributed by atoms with Gasteiger partial charge >= 0.3 is 0 Å². The Kier molecular flexibility index (Phi) is 4.59. The topological polar surface area (TPSA) is 27.1 Å². The van der Waals surface area contributed by atoms with E-state index in [1.54, 1.807) is 6.20 Å². The summed E-state index contributed by atoms with van der Waals surface area (Å²) >= 11 is 2.20. The van der Waals surface area contributed by atoms with E-state index in [1.165, 1.54) is 6.04 Å². The van der Waals surface area contributed by atoms with Crippen molar-refractivity contribution in [2.24, 2.45) is 0 Å². The van der Waals surface area contributed by atoms with Crippen molar-refractivity contribution in [3.05, 3.63) is 16.2 Å². The Morgan fingerprint density at radius 2 is 2.21 bits per heavy atom. The largest absolute Gasteiger partial charge is 0.361 e. The van der Waals surface area contributed by atoms with Crippen LogP contribution >= 0.6 is 22.6 Å². The third-order valence-corrected chi connectivity index (χ3v) is 4.49. The van der Waals surface area contributed by atoms with E-state index >= 15 is 0 Å². The maximum atomic E-state index is 5.59. The second kappa shape index (κ2) is 5.27. The van der Waals surface area contributed by atoms with E-state index in [9.17, 15) is 0 Å². The monoisotopic (exact) mass is 324 g/mol. The Balaban J connectivity index is 2.20. The van der Waals surface area contributed by atoms with Gasteiger partial charge in [0, 0.05) is 27.1 Å². The van der Waals surface area contributed by atoms with Crippen LogP contribution in [0.5, 0.6) is 0 Å². The predicted molar refractivity (Wildman–Crippen MR) is 69.0 cm³/mol. The SMILES string of the molecule is C[Si](C)(C)CCOCn1ccnc1I. The molecule has 0 unspecified atom stereocenters. The second-order valence-corrected chi connectivity index (χ2v) is 11.1. The van der Waals surface area contributed by atoms with Crippen LogP contribution in [0.1, 0.15) is 0 Å². The molecule has 3 nitrogen and oxygen atoms in total. The van der Waals surface area contributed by atoms with Gasteiger partial charge in [0.05, 0.1) is 0 Å². The van der Waals surface area contributed by atoms with E-state index in [4.69, 9.17) is 4.74 Å². The van der Waals surface area contributed by atoms with Crippen LogP contribution in [-0.4, -0.2) is 24.2 Å². The third kappa shape index (κ3) is 4.56. The Labute approximate surface area is 100 Å². The summed E-state index contributed by atoms with van der Waals surface area (Å²) in [6, 6.07) is 1.22. The van der Waals surface area contributed by atoms with Gasteiger partial charge in [-0.05, 0) is 28.6 Å². The minimum atomic E-state index is -0.945.